The predicted molar refractivity (Wildman–Crippen MR) is 55.5 cm³/mol. The Kier molecular flexibility index (Phi) is 3.99. The van der Waals surface area contributed by atoms with Crippen LogP contribution in [-0.4, -0.2) is 6.54 Å². The van der Waals surface area contributed by atoms with Gasteiger partial charge in [0.15, 0.2) is 0 Å². The van der Waals surface area contributed by atoms with Crippen LogP contribution in [0, 0.1) is 0 Å². The molecule has 0 heterocycles. The van der Waals surface area contributed by atoms with Crippen LogP contribution in [0.15, 0.2) is 28.5 Å². The lowest BCUT2D eigenvalue weighted by Gasteiger charge is -2.01. The first-order valence-corrected chi connectivity index (χ1v) is 4.57. The Balaban J connectivity index is 2.72. The average molecular weight is 218 g/mol. The van der Waals surface area contributed by atoms with Crippen molar-refractivity contribution in [3.63, 3.8) is 0 Å². The van der Waals surface area contributed by atoms with Gasteiger partial charge in [0.05, 0.1) is 17.3 Å². The average Bonchev–Trinajstić information content (AvgIpc) is 2.09. The van der Waals surface area contributed by atoms with Gasteiger partial charge in [-0.05, 0) is 25.1 Å². The summed E-state index contributed by atoms with van der Waals surface area (Å²) in [6, 6.07) is 5.13. The molecule has 0 aliphatic rings. The van der Waals surface area contributed by atoms with Crippen molar-refractivity contribution in [2.24, 2.45) is 10.3 Å². The molecule has 1 aromatic carbocycles. The Bertz CT molecular complexity index is 312. The molecule has 0 aliphatic carbocycles. The summed E-state index contributed by atoms with van der Waals surface area (Å²) in [6.07, 6.45) is 0. The zero-order chi connectivity index (χ0) is 9.68. The quantitative estimate of drug-likeness (QED) is 0.608. The molecule has 0 bridgehead atoms. The van der Waals surface area contributed by atoms with Crippen molar-refractivity contribution in [3.8, 4) is 0 Å². The fourth-order valence-corrected chi connectivity index (χ4v) is 1.19. The Hall–Kier alpha value is -0.800. The highest BCUT2D eigenvalue weighted by atomic mass is 35.5. The zero-order valence-electron chi connectivity index (χ0n) is 7.09. The van der Waals surface area contributed by atoms with Gasteiger partial charge in [-0.15, -0.1) is 0 Å². The summed E-state index contributed by atoms with van der Waals surface area (Å²) in [4.78, 5) is 0. The Labute approximate surface area is 86.7 Å². The lowest BCUT2D eigenvalue weighted by molar-refractivity contribution is 0.964. The number of rotatable bonds is 3. The minimum atomic E-state index is 0.530. The summed E-state index contributed by atoms with van der Waals surface area (Å²) in [6.45, 7) is 2.53. The van der Waals surface area contributed by atoms with Crippen LogP contribution in [-0.2, 0) is 0 Å². The number of hydrogen-bond acceptors (Lipinski definition) is 2. The minimum absolute atomic E-state index is 0.530. The standard InChI is InChI=1S/C8H9Cl2N3/c1-2-11-13-12-8-4-3-6(9)5-7(8)10/h3-5H,2H2,1H3,(H,11,12). The van der Waals surface area contributed by atoms with Crippen LogP contribution in [0.5, 0.6) is 0 Å². The smallest absolute Gasteiger partial charge is 0.0766 e. The molecule has 0 aliphatic heterocycles. The molecular formula is C8H9Cl2N3. The molecule has 0 radical (unpaired) electrons. The lowest BCUT2D eigenvalue weighted by Crippen LogP contribution is -1.87. The van der Waals surface area contributed by atoms with E-state index in [1.807, 2.05) is 6.92 Å². The van der Waals surface area contributed by atoms with Crippen molar-refractivity contribution < 1.29 is 0 Å². The molecule has 0 saturated carbocycles. The van der Waals surface area contributed by atoms with Crippen molar-refractivity contribution in [1.82, 2.24) is 0 Å². The van der Waals surface area contributed by atoms with E-state index in [9.17, 15) is 0 Å². The Morgan fingerprint density at radius 2 is 2.15 bits per heavy atom. The largest absolute Gasteiger partial charge is 0.259 e. The molecule has 1 rings (SSSR count). The van der Waals surface area contributed by atoms with Gasteiger partial charge in [0.2, 0.25) is 0 Å². The predicted octanol–water partition coefficient (Wildman–Crippen LogP) is 3.79. The zero-order valence-corrected chi connectivity index (χ0v) is 8.60. The molecule has 0 fully saturated rings. The molecule has 0 spiro atoms. The third-order valence-corrected chi connectivity index (χ3v) is 1.86. The van der Waals surface area contributed by atoms with Gasteiger partial charge >= 0.3 is 0 Å². The van der Waals surface area contributed by atoms with E-state index in [0.717, 1.165) is 0 Å². The molecule has 0 unspecified atom stereocenters. The lowest BCUT2D eigenvalue weighted by atomic mass is 10.3. The topological polar surface area (TPSA) is 36.8 Å². The number of benzene rings is 1. The molecule has 3 nitrogen and oxygen atoms in total. The molecule has 0 aromatic heterocycles. The van der Waals surface area contributed by atoms with Crippen molar-refractivity contribution >= 4 is 28.9 Å². The molecule has 5 heteroatoms. The first kappa shape index (κ1) is 10.3. The summed E-state index contributed by atoms with van der Waals surface area (Å²) in [5.74, 6) is 0. The summed E-state index contributed by atoms with van der Waals surface area (Å²) in [5.41, 5.74) is 3.41. The van der Waals surface area contributed by atoms with Crippen molar-refractivity contribution in [3.05, 3.63) is 28.2 Å². The Morgan fingerprint density at radius 1 is 1.38 bits per heavy atom. The second-order valence-electron chi connectivity index (χ2n) is 2.29. The molecule has 0 saturated heterocycles. The van der Waals surface area contributed by atoms with Crippen LogP contribution in [0.25, 0.3) is 0 Å². The van der Waals surface area contributed by atoms with Gasteiger partial charge in [-0.1, -0.05) is 28.4 Å². The maximum absolute atomic E-state index is 5.86. The van der Waals surface area contributed by atoms with E-state index in [0.29, 0.717) is 22.3 Å². The first-order chi connectivity index (χ1) is 6.24. The fraction of sp³-hybridized carbons (Fsp3) is 0.250. The van der Waals surface area contributed by atoms with E-state index in [-0.39, 0.29) is 0 Å². The van der Waals surface area contributed by atoms with Crippen molar-refractivity contribution in [2.45, 2.75) is 6.92 Å². The van der Waals surface area contributed by atoms with Crippen molar-refractivity contribution in [1.29, 1.82) is 0 Å². The van der Waals surface area contributed by atoms with Crippen LogP contribution in [0.1, 0.15) is 6.92 Å². The van der Waals surface area contributed by atoms with E-state index >= 15 is 0 Å². The fourth-order valence-electron chi connectivity index (χ4n) is 0.740. The number of hydrogen-bond donors (Lipinski definition) is 1. The van der Waals surface area contributed by atoms with E-state index in [2.05, 4.69) is 15.8 Å². The molecular weight excluding hydrogens is 209 g/mol. The number of nitrogens with zero attached hydrogens (tertiary/aromatic N) is 2. The molecule has 70 valence electrons. The van der Waals surface area contributed by atoms with Crippen molar-refractivity contribution in [2.75, 3.05) is 12.0 Å². The monoisotopic (exact) mass is 217 g/mol. The van der Waals surface area contributed by atoms with E-state index < -0.39 is 0 Å². The molecule has 1 aromatic rings. The van der Waals surface area contributed by atoms with Crippen LogP contribution in [0.3, 0.4) is 0 Å². The van der Waals surface area contributed by atoms with Gasteiger partial charge in [-0.25, -0.2) is 0 Å². The second-order valence-corrected chi connectivity index (χ2v) is 3.14. The van der Waals surface area contributed by atoms with E-state index in [1.54, 1.807) is 18.2 Å². The van der Waals surface area contributed by atoms with Gasteiger partial charge in [0.1, 0.15) is 0 Å². The Morgan fingerprint density at radius 3 is 2.77 bits per heavy atom. The summed E-state index contributed by atoms with van der Waals surface area (Å²) >= 11 is 11.6. The summed E-state index contributed by atoms with van der Waals surface area (Å²) in [7, 11) is 0. The first-order valence-electron chi connectivity index (χ1n) is 3.81. The molecule has 0 amide bonds. The molecule has 1 N–H and O–H groups in total. The number of anilines is 1. The third-order valence-electron chi connectivity index (χ3n) is 1.31. The molecule has 13 heavy (non-hydrogen) atoms. The second kappa shape index (κ2) is 5.04. The highest BCUT2D eigenvalue weighted by Crippen LogP contribution is 2.25. The number of nitrogens with one attached hydrogen (secondary N) is 1. The molecule has 0 atom stereocenters. The van der Waals surface area contributed by atoms with Gasteiger partial charge in [-0.2, -0.15) is 5.11 Å². The third kappa shape index (κ3) is 3.20. The van der Waals surface area contributed by atoms with Gasteiger partial charge < -0.3 is 0 Å². The maximum Gasteiger partial charge on any atom is 0.0766 e. The highest BCUT2D eigenvalue weighted by molar-refractivity contribution is 6.36. The van der Waals surface area contributed by atoms with Gasteiger partial charge in [0.25, 0.3) is 0 Å². The minimum Gasteiger partial charge on any atom is -0.259 e. The van der Waals surface area contributed by atoms with Gasteiger partial charge in [0, 0.05) is 5.02 Å². The SMILES string of the molecule is CCN=NNc1ccc(Cl)cc1Cl. The summed E-state index contributed by atoms with van der Waals surface area (Å²) in [5, 5.41) is 8.58. The van der Waals surface area contributed by atoms with Gasteiger partial charge in [-0.3, -0.25) is 5.43 Å². The highest BCUT2D eigenvalue weighted by Gasteiger charge is 1.98. The number of halogens is 2. The normalized spacial score (nSPS) is 10.7. The van der Waals surface area contributed by atoms with E-state index in [1.165, 1.54) is 0 Å². The van der Waals surface area contributed by atoms with E-state index in [4.69, 9.17) is 23.2 Å². The summed E-state index contributed by atoms with van der Waals surface area (Å²) < 4.78 is 0. The van der Waals surface area contributed by atoms with Crippen LogP contribution < -0.4 is 5.43 Å². The van der Waals surface area contributed by atoms with Crippen LogP contribution in [0.4, 0.5) is 5.69 Å². The maximum atomic E-state index is 5.86. The van der Waals surface area contributed by atoms with Crippen LogP contribution in [0.2, 0.25) is 10.0 Å². The van der Waals surface area contributed by atoms with Crippen LogP contribution >= 0.6 is 23.2 Å².